The number of thiophene rings is 1. The number of primary amides is 2. The third-order valence-electron chi connectivity index (χ3n) is 3.10. The largest absolute Gasteiger partial charge is 0.380 e. The molecule has 23 heavy (non-hydrogen) atoms. The Bertz CT molecular complexity index is 776. The minimum Gasteiger partial charge on any atom is -0.380 e. The molecule has 2 rings (SSSR count). The number of halogens is 1. The van der Waals surface area contributed by atoms with E-state index in [0.29, 0.717) is 10.3 Å². The molecule has 1 aromatic heterocycles. The molecule has 1 heterocycles. The van der Waals surface area contributed by atoms with Crippen LogP contribution >= 0.6 is 11.3 Å². The highest BCUT2D eigenvalue weighted by molar-refractivity contribution is 7.21. The van der Waals surface area contributed by atoms with Crippen molar-refractivity contribution in [1.82, 2.24) is 5.32 Å². The maximum Gasteiger partial charge on any atom is 0.262 e. The zero-order valence-corrected chi connectivity index (χ0v) is 12.9. The van der Waals surface area contributed by atoms with Gasteiger partial charge in [-0.3, -0.25) is 14.4 Å². The van der Waals surface area contributed by atoms with Crippen molar-refractivity contribution in [1.29, 1.82) is 0 Å². The molecule has 0 aliphatic carbocycles. The fourth-order valence-corrected chi connectivity index (χ4v) is 3.24. The number of benzene rings is 1. The molecule has 0 unspecified atom stereocenters. The van der Waals surface area contributed by atoms with E-state index in [-0.39, 0.29) is 16.9 Å². The van der Waals surface area contributed by atoms with E-state index in [2.05, 4.69) is 5.32 Å². The van der Waals surface area contributed by atoms with Crippen LogP contribution in [0, 0.1) is 5.82 Å². The van der Waals surface area contributed by atoms with Gasteiger partial charge in [-0.15, -0.1) is 11.3 Å². The summed E-state index contributed by atoms with van der Waals surface area (Å²) in [5, 5.41) is 2.42. The van der Waals surface area contributed by atoms with Crippen molar-refractivity contribution in [2.75, 3.05) is 7.11 Å². The van der Waals surface area contributed by atoms with Crippen LogP contribution in [-0.4, -0.2) is 30.9 Å². The summed E-state index contributed by atoms with van der Waals surface area (Å²) >= 11 is 1.02. The molecule has 0 aliphatic heterocycles. The fraction of sp³-hybridized carbons (Fsp3) is 0.214. The van der Waals surface area contributed by atoms with Gasteiger partial charge in [-0.2, -0.15) is 0 Å². The van der Waals surface area contributed by atoms with Crippen molar-refractivity contribution in [2.24, 2.45) is 11.5 Å². The third kappa shape index (κ3) is 3.30. The summed E-state index contributed by atoms with van der Waals surface area (Å²) in [4.78, 5) is 34.8. The first-order chi connectivity index (χ1) is 10.9. The van der Waals surface area contributed by atoms with Gasteiger partial charge in [0.25, 0.3) is 5.91 Å². The van der Waals surface area contributed by atoms with E-state index in [1.54, 1.807) is 6.07 Å². The van der Waals surface area contributed by atoms with Crippen LogP contribution in [0.4, 0.5) is 4.39 Å². The Hall–Kier alpha value is -2.52. The van der Waals surface area contributed by atoms with Gasteiger partial charge in [0.05, 0.1) is 11.5 Å². The zero-order chi connectivity index (χ0) is 17.1. The van der Waals surface area contributed by atoms with Crippen molar-refractivity contribution in [3.05, 3.63) is 34.5 Å². The molecule has 0 spiro atoms. The van der Waals surface area contributed by atoms with Crippen molar-refractivity contribution in [3.63, 3.8) is 0 Å². The highest BCUT2D eigenvalue weighted by Crippen LogP contribution is 2.33. The summed E-state index contributed by atoms with van der Waals surface area (Å²) in [7, 11) is 1.40. The first kappa shape index (κ1) is 16.8. The molecular weight excluding hydrogens is 325 g/mol. The Kier molecular flexibility index (Phi) is 4.92. The van der Waals surface area contributed by atoms with Crippen molar-refractivity contribution >= 4 is 39.1 Å². The normalized spacial score (nSPS) is 10.9. The van der Waals surface area contributed by atoms with Crippen LogP contribution in [0.1, 0.15) is 15.2 Å². The van der Waals surface area contributed by atoms with E-state index < -0.39 is 29.6 Å². The van der Waals surface area contributed by atoms with Crippen LogP contribution in [0.5, 0.6) is 0 Å². The van der Waals surface area contributed by atoms with Crippen LogP contribution in [0.2, 0.25) is 0 Å². The van der Waals surface area contributed by atoms with E-state index in [1.807, 2.05) is 0 Å². The van der Waals surface area contributed by atoms with E-state index in [9.17, 15) is 18.8 Å². The average molecular weight is 339 g/mol. The third-order valence-corrected chi connectivity index (χ3v) is 4.30. The van der Waals surface area contributed by atoms with Crippen LogP contribution in [0.25, 0.3) is 10.1 Å². The fourth-order valence-electron chi connectivity index (χ4n) is 2.11. The number of fused-ring (bicyclic) bond motifs is 1. The molecular formula is C14H14FN3O4S. The second-order valence-electron chi connectivity index (χ2n) is 4.67. The number of carbonyl (C=O) groups is 3. The van der Waals surface area contributed by atoms with Crippen molar-refractivity contribution in [3.8, 4) is 0 Å². The summed E-state index contributed by atoms with van der Waals surface area (Å²) in [6, 6.07) is 2.79. The van der Waals surface area contributed by atoms with Crippen LogP contribution in [-0.2, 0) is 20.9 Å². The Morgan fingerprint density at radius 2 is 1.96 bits per heavy atom. The lowest BCUT2D eigenvalue weighted by molar-refractivity contribution is -0.128. The van der Waals surface area contributed by atoms with Gasteiger partial charge < -0.3 is 21.5 Å². The molecule has 2 aromatic rings. The summed E-state index contributed by atoms with van der Waals surface area (Å²) in [6.07, 6.45) is 0. The van der Waals surface area contributed by atoms with Crippen molar-refractivity contribution < 1.29 is 23.5 Å². The van der Waals surface area contributed by atoms with Gasteiger partial charge in [-0.1, -0.05) is 6.07 Å². The SMILES string of the molecule is COCc1c(C(=O)NC(C(N)=O)C(N)=O)sc2cccc(F)c12. The quantitative estimate of drug-likeness (QED) is 0.653. The number of rotatable bonds is 6. The molecule has 1 aromatic carbocycles. The lowest BCUT2D eigenvalue weighted by atomic mass is 10.1. The summed E-state index contributed by atoms with van der Waals surface area (Å²) in [5.74, 6) is -3.40. The Morgan fingerprint density at radius 1 is 1.30 bits per heavy atom. The van der Waals surface area contributed by atoms with Crippen LogP contribution in [0.3, 0.4) is 0 Å². The monoisotopic (exact) mass is 339 g/mol. The lowest BCUT2D eigenvalue weighted by Gasteiger charge is -2.12. The summed E-state index contributed by atoms with van der Waals surface area (Å²) < 4.78 is 19.6. The predicted molar refractivity (Wildman–Crippen MR) is 82.1 cm³/mol. The highest BCUT2D eigenvalue weighted by atomic mass is 32.1. The van der Waals surface area contributed by atoms with E-state index in [4.69, 9.17) is 16.2 Å². The van der Waals surface area contributed by atoms with E-state index >= 15 is 0 Å². The number of carbonyl (C=O) groups excluding carboxylic acids is 3. The molecule has 9 heteroatoms. The van der Waals surface area contributed by atoms with Gasteiger partial charge in [0.15, 0.2) is 6.04 Å². The second kappa shape index (κ2) is 6.71. The van der Waals surface area contributed by atoms with Gasteiger partial charge in [0, 0.05) is 22.8 Å². The standard InChI is InChI=1S/C14H14FN3O4S/c1-22-5-6-9-7(15)3-2-4-8(9)23-11(6)14(21)18-10(12(16)19)13(17)20/h2-4,10H,5H2,1H3,(H2,16,19)(H2,17,20)(H,18,21). The Labute approximate surface area is 134 Å². The molecule has 0 radical (unpaired) electrons. The maximum atomic E-state index is 14.0. The molecule has 0 saturated heterocycles. The molecule has 0 aliphatic rings. The summed E-state index contributed by atoms with van der Waals surface area (Å²) in [5.41, 5.74) is 10.4. The average Bonchev–Trinajstić information content (AvgIpc) is 2.84. The molecule has 122 valence electrons. The number of methoxy groups -OCH3 is 1. The van der Waals surface area contributed by atoms with E-state index in [0.717, 1.165) is 11.3 Å². The molecule has 0 atom stereocenters. The highest BCUT2D eigenvalue weighted by Gasteiger charge is 2.27. The number of amides is 3. The van der Waals surface area contributed by atoms with Gasteiger partial charge >= 0.3 is 0 Å². The van der Waals surface area contributed by atoms with E-state index in [1.165, 1.54) is 19.2 Å². The number of nitrogens with one attached hydrogen (secondary N) is 1. The first-order valence-electron chi connectivity index (χ1n) is 6.45. The van der Waals surface area contributed by atoms with Gasteiger partial charge in [-0.25, -0.2) is 4.39 Å². The molecule has 0 fully saturated rings. The smallest absolute Gasteiger partial charge is 0.262 e. The second-order valence-corrected chi connectivity index (χ2v) is 5.72. The molecule has 0 bridgehead atoms. The minimum absolute atomic E-state index is 0.0124. The minimum atomic E-state index is -1.65. The molecule has 3 amide bonds. The van der Waals surface area contributed by atoms with Crippen molar-refractivity contribution in [2.45, 2.75) is 12.6 Å². The van der Waals surface area contributed by atoms with Crippen LogP contribution < -0.4 is 16.8 Å². The van der Waals surface area contributed by atoms with Gasteiger partial charge in [-0.05, 0) is 12.1 Å². The predicted octanol–water partition coefficient (Wildman–Crippen LogP) is 0.256. The molecule has 7 nitrogen and oxygen atoms in total. The Morgan fingerprint density at radius 3 is 2.52 bits per heavy atom. The lowest BCUT2D eigenvalue weighted by Crippen LogP contribution is -2.52. The van der Waals surface area contributed by atoms with Crippen LogP contribution in [0.15, 0.2) is 18.2 Å². The number of hydrogen-bond donors (Lipinski definition) is 3. The van der Waals surface area contributed by atoms with Gasteiger partial charge in [0.2, 0.25) is 11.8 Å². The summed E-state index contributed by atoms with van der Waals surface area (Å²) in [6.45, 7) is -0.0124. The maximum absolute atomic E-state index is 14.0. The topological polar surface area (TPSA) is 125 Å². The number of hydrogen-bond acceptors (Lipinski definition) is 5. The first-order valence-corrected chi connectivity index (χ1v) is 7.26. The van der Waals surface area contributed by atoms with Gasteiger partial charge in [0.1, 0.15) is 5.82 Å². The number of ether oxygens (including phenoxy) is 1. The molecule has 5 N–H and O–H groups in total. The zero-order valence-electron chi connectivity index (χ0n) is 12.1. The Balaban J connectivity index is 2.48. The number of nitrogens with two attached hydrogens (primary N) is 2. The molecule has 0 saturated carbocycles.